The van der Waals surface area contributed by atoms with Gasteiger partial charge in [0.1, 0.15) is 16.2 Å². The molecule has 1 heterocycles. The number of hydrogen-bond acceptors (Lipinski definition) is 4. The van der Waals surface area contributed by atoms with E-state index in [9.17, 15) is 5.11 Å². The van der Waals surface area contributed by atoms with Crippen molar-refractivity contribution in [2.24, 2.45) is 5.92 Å². The van der Waals surface area contributed by atoms with E-state index < -0.39 is 0 Å². The van der Waals surface area contributed by atoms with Crippen molar-refractivity contribution in [2.45, 2.75) is 26.9 Å². The van der Waals surface area contributed by atoms with E-state index in [2.05, 4.69) is 31.2 Å². The highest BCUT2D eigenvalue weighted by molar-refractivity contribution is 9.10. The van der Waals surface area contributed by atoms with E-state index in [1.807, 2.05) is 20.8 Å². The number of aryl methyl sites for hydroxylation is 1. The summed E-state index contributed by atoms with van der Waals surface area (Å²) < 4.78 is 0.747. The van der Waals surface area contributed by atoms with Crippen molar-refractivity contribution in [3.8, 4) is 0 Å². The summed E-state index contributed by atoms with van der Waals surface area (Å²) in [6, 6.07) is 1.79. The molecule has 0 saturated carbocycles. The molecule has 0 radical (unpaired) electrons. The maximum absolute atomic E-state index is 9.61. The number of halogens is 1. The minimum Gasteiger partial charge on any atom is -0.391 e. The van der Waals surface area contributed by atoms with E-state index in [1.54, 1.807) is 6.07 Å². The first kappa shape index (κ1) is 12.4. The highest BCUT2D eigenvalue weighted by Gasteiger charge is 2.09. The Morgan fingerprint density at radius 2 is 2.13 bits per heavy atom. The molecule has 15 heavy (non-hydrogen) atoms. The molecule has 0 saturated heterocycles. The van der Waals surface area contributed by atoms with Gasteiger partial charge in [-0.1, -0.05) is 13.8 Å². The fourth-order valence-corrected chi connectivity index (χ4v) is 1.54. The Hall–Kier alpha value is -0.680. The Balaban J connectivity index is 2.57. The average molecular weight is 274 g/mol. The van der Waals surface area contributed by atoms with Crippen LogP contribution in [0.15, 0.2) is 10.7 Å². The number of rotatable bonds is 4. The highest BCUT2D eigenvalue weighted by atomic mass is 79.9. The van der Waals surface area contributed by atoms with Crippen LogP contribution in [0.4, 0.5) is 5.82 Å². The lowest BCUT2D eigenvalue weighted by molar-refractivity contribution is 0.138. The second kappa shape index (κ2) is 5.42. The number of aromatic nitrogens is 2. The van der Waals surface area contributed by atoms with Gasteiger partial charge in [0, 0.05) is 12.6 Å². The van der Waals surface area contributed by atoms with Crippen molar-refractivity contribution < 1.29 is 5.11 Å². The van der Waals surface area contributed by atoms with Crippen LogP contribution < -0.4 is 5.32 Å². The predicted octanol–water partition coefficient (Wildman–Crippen LogP) is 1.98. The quantitative estimate of drug-likeness (QED) is 0.824. The maximum Gasteiger partial charge on any atom is 0.130 e. The largest absolute Gasteiger partial charge is 0.391 e. The van der Waals surface area contributed by atoms with Gasteiger partial charge in [-0.15, -0.1) is 0 Å². The molecule has 1 aromatic heterocycles. The minimum absolute atomic E-state index is 0.240. The van der Waals surface area contributed by atoms with Gasteiger partial charge in [-0.2, -0.15) is 0 Å². The summed E-state index contributed by atoms with van der Waals surface area (Å²) in [5.41, 5.74) is 0. The van der Waals surface area contributed by atoms with Gasteiger partial charge >= 0.3 is 0 Å². The van der Waals surface area contributed by atoms with Gasteiger partial charge in [-0.05, 0) is 28.8 Å². The molecular formula is C10H16BrN3O. The summed E-state index contributed by atoms with van der Waals surface area (Å²) >= 11 is 3.30. The summed E-state index contributed by atoms with van der Waals surface area (Å²) in [6.07, 6.45) is -0.362. The standard InChI is InChI=1S/C10H16BrN3O/c1-6(2)8(15)5-12-10-4-9(11)13-7(3)14-10/h4,6,8,15H,5H2,1-3H3,(H,12,13,14). The first-order valence-corrected chi connectivity index (χ1v) is 5.71. The fraction of sp³-hybridized carbons (Fsp3) is 0.600. The molecule has 0 fully saturated rings. The number of nitrogens with one attached hydrogen (secondary N) is 1. The third kappa shape index (κ3) is 4.13. The van der Waals surface area contributed by atoms with Crippen LogP contribution in [0.2, 0.25) is 0 Å². The first-order valence-electron chi connectivity index (χ1n) is 4.92. The van der Waals surface area contributed by atoms with Gasteiger partial charge in [-0.3, -0.25) is 0 Å². The highest BCUT2D eigenvalue weighted by Crippen LogP contribution is 2.12. The van der Waals surface area contributed by atoms with Crippen LogP contribution in [0.3, 0.4) is 0 Å². The van der Waals surface area contributed by atoms with Crippen LogP contribution >= 0.6 is 15.9 Å². The molecule has 1 unspecified atom stereocenters. The topological polar surface area (TPSA) is 58.0 Å². The summed E-state index contributed by atoms with van der Waals surface area (Å²) in [7, 11) is 0. The number of aliphatic hydroxyl groups is 1. The van der Waals surface area contributed by atoms with Crippen LogP contribution in [0.5, 0.6) is 0 Å². The number of nitrogens with zero attached hydrogens (tertiary/aromatic N) is 2. The zero-order valence-corrected chi connectivity index (χ0v) is 10.7. The van der Waals surface area contributed by atoms with Crippen LogP contribution in [-0.4, -0.2) is 27.7 Å². The van der Waals surface area contributed by atoms with Gasteiger partial charge in [-0.25, -0.2) is 9.97 Å². The van der Waals surface area contributed by atoms with Gasteiger partial charge in [0.25, 0.3) is 0 Å². The van der Waals surface area contributed by atoms with E-state index in [0.717, 1.165) is 10.4 Å². The molecule has 0 aliphatic carbocycles. The molecule has 0 bridgehead atoms. The molecule has 0 aromatic carbocycles. The smallest absolute Gasteiger partial charge is 0.130 e. The van der Waals surface area contributed by atoms with Crippen LogP contribution in [0.25, 0.3) is 0 Å². The Morgan fingerprint density at radius 1 is 1.47 bits per heavy atom. The summed E-state index contributed by atoms with van der Waals surface area (Å²) in [6.45, 7) is 6.29. The van der Waals surface area contributed by atoms with Crippen molar-refractivity contribution in [1.29, 1.82) is 0 Å². The molecule has 0 aliphatic heterocycles. The van der Waals surface area contributed by atoms with Crippen LogP contribution in [0, 0.1) is 12.8 Å². The van der Waals surface area contributed by atoms with Crippen molar-refractivity contribution in [1.82, 2.24) is 9.97 Å². The van der Waals surface area contributed by atoms with Gasteiger partial charge in [0.2, 0.25) is 0 Å². The lowest BCUT2D eigenvalue weighted by Gasteiger charge is -2.15. The second-order valence-electron chi connectivity index (χ2n) is 3.82. The normalized spacial score (nSPS) is 12.9. The Bertz CT molecular complexity index is 310. The van der Waals surface area contributed by atoms with E-state index in [1.165, 1.54) is 0 Å². The second-order valence-corrected chi connectivity index (χ2v) is 4.63. The summed E-state index contributed by atoms with van der Waals surface area (Å²) in [5, 5.41) is 12.7. The lowest BCUT2D eigenvalue weighted by Crippen LogP contribution is -2.25. The molecule has 0 amide bonds. The monoisotopic (exact) mass is 273 g/mol. The zero-order chi connectivity index (χ0) is 11.4. The van der Waals surface area contributed by atoms with Crippen molar-refractivity contribution in [3.63, 3.8) is 0 Å². The Kier molecular flexibility index (Phi) is 4.47. The predicted molar refractivity (Wildman–Crippen MR) is 63.8 cm³/mol. The van der Waals surface area contributed by atoms with E-state index in [-0.39, 0.29) is 12.0 Å². The Morgan fingerprint density at radius 3 is 2.67 bits per heavy atom. The van der Waals surface area contributed by atoms with Gasteiger partial charge < -0.3 is 10.4 Å². The molecule has 0 aliphatic rings. The molecule has 5 heteroatoms. The van der Waals surface area contributed by atoms with Crippen molar-refractivity contribution >= 4 is 21.7 Å². The summed E-state index contributed by atoms with van der Waals surface area (Å²) in [4.78, 5) is 8.30. The van der Waals surface area contributed by atoms with E-state index in [0.29, 0.717) is 12.4 Å². The van der Waals surface area contributed by atoms with Crippen molar-refractivity contribution in [3.05, 3.63) is 16.5 Å². The Labute approximate surface area is 98.3 Å². The van der Waals surface area contributed by atoms with Crippen molar-refractivity contribution in [2.75, 3.05) is 11.9 Å². The molecule has 2 N–H and O–H groups in total. The molecule has 84 valence electrons. The molecule has 1 aromatic rings. The van der Waals surface area contributed by atoms with E-state index >= 15 is 0 Å². The molecule has 1 atom stereocenters. The van der Waals surface area contributed by atoms with Gasteiger partial charge in [0.05, 0.1) is 6.10 Å². The number of aliphatic hydroxyl groups excluding tert-OH is 1. The first-order chi connectivity index (χ1) is 6.99. The fourth-order valence-electron chi connectivity index (χ4n) is 1.07. The third-order valence-electron chi connectivity index (χ3n) is 2.07. The summed E-state index contributed by atoms with van der Waals surface area (Å²) in [5.74, 6) is 1.67. The molecule has 0 spiro atoms. The average Bonchev–Trinajstić information content (AvgIpc) is 2.12. The SMILES string of the molecule is Cc1nc(Br)cc(NCC(O)C(C)C)n1. The zero-order valence-electron chi connectivity index (χ0n) is 9.16. The molecule has 1 rings (SSSR count). The van der Waals surface area contributed by atoms with Crippen LogP contribution in [0.1, 0.15) is 19.7 Å². The third-order valence-corrected chi connectivity index (χ3v) is 2.47. The number of anilines is 1. The van der Waals surface area contributed by atoms with Gasteiger partial charge in [0.15, 0.2) is 0 Å². The molecule has 4 nitrogen and oxygen atoms in total. The van der Waals surface area contributed by atoms with Crippen LogP contribution in [-0.2, 0) is 0 Å². The molecular weight excluding hydrogens is 258 g/mol. The maximum atomic E-state index is 9.61. The number of hydrogen-bond donors (Lipinski definition) is 2. The van der Waals surface area contributed by atoms with E-state index in [4.69, 9.17) is 0 Å². The lowest BCUT2D eigenvalue weighted by atomic mass is 10.1. The minimum atomic E-state index is -0.362.